The summed E-state index contributed by atoms with van der Waals surface area (Å²) in [5.74, 6) is 1.15. The summed E-state index contributed by atoms with van der Waals surface area (Å²) in [5, 5.41) is 11.3. The van der Waals surface area contributed by atoms with Gasteiger partial charge in [-0.15, -0.1) is 0 Å². The number of fused-ring (bicyclic) bond motifs is 3. The van der Waals surface area contributed by atoms with E-state index < -0.39 is 11.6 Å². The minimum absolute atomic E-state index is 0.176. The minimum Gasteiger partial charge on any atom is -0.496 e. The first-order valence-electron chi connectivity index (χ1n) is 13.4. The van der Waals surface area contributed by atoms with Crippen LogP contribution in [-0.4, -0.2) is 44.1 Å². The standard InChI is InChI=1S/C33H33NO8/c1-18-7-9-21(15-22(18)17-35)28-29-23-13-19(2)25(39-4)16-26(23)42-33(37)31(29)34(30(28)32(36)41-6)12-11-20-8-10-24(38-3)27(14-20)40-5/h7-10,13-16,35H,11-12,17H2,1-6H3. The van der Waals surface area contributed by atoms with E-state index in [1.54, 1.807) is 32.0 Å². The number of aliphatic hydroxyl groups is 1. The van der Waals surface area contributed by atoms with Crippen LogP contribution in [0.4, 0.5) is 0 Å². The number of rotatable bonds is 9. The Hall–Kier alpha value is -4.76. The Bertz CT molecular complexity index is 1880. The summed E-state index contributed by atoms with van der Waals surface area (Å²) >= 11 is 0. The highest BCUT2D eigenvalue weighted by atomic mass is 16.5. The van der Waals surface area contributed by atoms with Crippen molar-refractivity contribution >= 4 is 27.8 Å². The molecule has 9 nitrogen and oxygen atoms in total. The van der Waals surface area contributed by atoms with E-state index in [-0.39, 0.29) is 24.4 Å². The molecule has 0 spiro atoms. The summed E-state index contributed by atoms with van der Waals surface area (Å²) in [5.41, 5.74) is 4.76. The maximum atomic E-state index is 13.7. The van der Waals surface area contributed by atoms with Gasteiger partial charge in [0.05, 0.1) is 35.0 Å². The highest BCUT2D eigenvalue weighted by Gasteiger charge is 2.29. The molecule has 218 valence electrons. The Morgan fingerprint density at radius 1 is 0.881 bits per heavy atom. The molecule has 9 heteroatoms. The van der Waals surface area contributed by atoms with E-state index in [1.807, 2.05) is 56.3 Å². The summed E-state index contributed by atoms with van der Waals surface area (Å²) in [6, 6.07) is 14.8. The number of carbonyl (C=O) groups is 1. The number of hydrogen-bond donors (Lipinski definition) is 1. The zero-order valence-corrected chi connectivity index (χ0v) is 24.5. The average molecular weight is 572 g/mol. The molecule has 2 aromatic heterocycles. The first-order valence-corrected chi connectivity index (χ1v) is 13.4. The lowest BCUT2D eigenvalue weighted by Gasteiger charge is -2.13. The normalized spacial score (nSPS) is 11.2. The van der Waals surface area contributed by atoms with E-state index in [0.717, 1.165) is 16.7 Å². The third-order valence-electron chi connectivity index (χ3n) is 7.68. The van der Waals surface area contributed by atoms with Gasteiger partial charge in [-0.05, 0) is 72.4 Å². The number of aromatic nitrogens is 1. The smallest absolute Gasteiger partial charge is 0.361 e. The van der Waals surface area contributed by atoms with E-state index >= 15 is 0 Å². The molecule has 0 aliphatic rings. The van der Waals surface area contributed by atoms with Crippen LogP contribution in [0.3, 0.4) is 0 Å². The van der Waals surface area contributed by atoms with E-state index in [1.165, 1.54) is 7.11 Å². The van der Waals surface area contributed by atoms with Crippen molar-refractivity contribution < 1.29 is 33.3 Å². The molecule has 5 aromatic rings. The minimum atomic E-state index is -0.600. The third kappa shape index (κ3) is 4.86. The first kappa shape index (κ1) is 28.8. The second-order valence-electron chi connectivity index (χ2n) is 10.0. The monoisotopic (exact) mass is 571 g/mol. The number of benzene rings is 3. The van der Waals surface area contributed by atoms with Gasteiger partial charge < -0.3 is 33.0 Å². The largest absolute Gasteiger partial charge is 0.496 e. The van der Waals surface area contributed by atoms with Crippen molar-refractivity contribution in [2.75, 3.05) is 28.4 Å². The molecule has 1 N–H and O–H groups in total. The average Bonchev–Trinajstić information content (AvgIpc) is 3.35. The van der Waals surface area contributed by atoms with Crippen LogP contribution in [0.1, 0.15) is 32.7 Å². The third-order valence-corrected chi connectivity index (χ3v) is 7.68. The van der Waals surface area contributed by atoms with Gasteiger partial charge in [-0.1, -0.05) is 18.2 Å². The van der Waals surface area contributed by atoms with Gasteiger partial charge in [-0.2, -0.15) is 0 Å². The topological polar surface area (TPSA) is 109 Å². The lowest BCUT2D eigenvalue weighted by atomic mass is 9.96. The fourth-order valence-electron chi connectivity index (χ4n) is 5.50. The van der Waals surface area contributed by atoms with Crippen molar-refractivity contribution in [2.24, 2.45) is 0 Å². The molecular weight excluding hydrogens is 538 g/mol. The molecule has 0 aliphatic heterocycles. The van der Waals surface area contributed by atoms with Crippen LogP contribution >= 0.6 is 0 Å². The number of esters is 1. The zero-order chi connectivity index (χ0) is 30.1. The summed E-state index contributed by atoms with van der Waals surface area (Å²) in [7, 11) is 6.01. The van der Waals surface area contributed by atoms with Crippen LogP contribution in [0.2, 0.25) is 0 Å². The fraction of sp³-hybridized carbons (Fsp3) is 0.273. The zero-order valence-electron chi connectivity index (χ0n) is 24.5. The molecule has 0 bridgehead atoms. The van der Waals surface area contributed by atoms with Gasteiger partial charge >= 0.3 is 11.6 Å². The van der Waals surface area contributed by atoms with Crippen molar-refractivity contribution in [3.8, 4) is 28.4 Å². The van der Waals surface area contributed by atoms with Crippen LogP contribution in [0, 0.1) is 13.8 Å². The van der Waals surface area contributed by atoms with Gasteiger partial charge in [-0.25, -0.2) is 9.59 Å². The molecule has 42 heavy (non-hydrogen) atoms. The molecule has 0 saturated heterocycles. The summed E-state index contributed by atoms with van der Waals surface area (Å²) in [6.07, 6.45) is 0.461. The van der Waals surface area contributed by atoms with Crippen molar-refractivity contribution in [1.29, 1.82) is 0 Å². The summed E-state index contributed by atoms with van der Waals surface area (Å²) in [6.45, 7) is 3.90. The Balaban J connectivity index is 1.85. The predicted molar refractivity (Wildman–Crippen MR) is 160 cm³/mol. The molecule has 0 radical (unpaired) electrons. The lowest BCUT2D eigenvalue weighted by molar-refractivity contribution is 0.0590. The van der Waals surface area contributed by atoms with Crippen molar-refractivity contribution in [2.45, 2.75) is 33.4 Å². The van der Waals surface area contributed by atoms with Crippen LogP contribution in [0.5, 0.6) is 17.2 Å². The highest BCUT2D eigenvalue weighted by molar-refractivity contribution is 6.17. The quantitative estimate of drug-likeness (QED) is 0.180. The lowest BCUT2D eigenvalue weighted by Crippen LogP contribution is -2.16. The Labute approximate surface area is 242 Å². The Morgan fingerprint density at radius 2 is 1.62 bits per heavy atom. The molecular formula is C33H33NO8. The second kappa shape index (κ2) is 11.6. The van der Waals surface area contributed by atoms with Gasteiger partial charge in [0.1, 0.15) is 22.5 Å². The van der Waals surface area contributed by atoms with Crippen LogP contribution in [0.25, 0.3) is 33.0 Å². The molecule has 0 atom stereocenters. The molecule has 0 amide bonds. The molecule has 2 heterocycles. The van der Waals surface area contributed by atoms with Crippen molar-refractivity contribution in [3.05, 3.63) is 86.9 Å². The molecule has 0 aliphatic carbocycles. The molecule has 0 fully saturated rings. The first-order chi connectivity index (χ1) is 20.3. The van der Waals surface area contributed by atoms with E-state index in [9.17, 15) is 14.7 Å². The van der Waals surface area contributed by atoms with E-state index in [4.69, 9.17) is 23.4 Å². The maximum absolute atomic E-state index is 13.7. The van der Waals surface area contributed by atoms with Gasteiger partial charge in [0.2, 0.25) is 0 Å². The molecule has 5 rings (SSSR count). The molecule has 0 unspecified atom stereocenters. The summed E-state index contributed by atoms with van der Waals surface area (Å²) < 4.78 is 29.1. The summed E-state index contributed by atoms with van der Waals surface area (Å²) in [4.78, 5) is 27.3. The highest BCUT2D eigenvalue weighted by Crippen LogP contribution is 2.41. The van der Waals surface area contributed by atoms with E-state index in [2.05, 4.69) is 0 Å². The van der Waals surface area contributed by atoms with Gasteiger partial charge in [0, 0.05) is 28.9 Å². The second-order valence-corrected chi connectivity index (χ2v) is 10.0. The Morgan fingerprint density at radius 3 is 2.29 bits per heavy atom. The number of hydrogen-bond acceptors (Lipinski definition) is 8. The number of nitrogens with zero attached hydrogens (tertiary/aromatic N) is 1. The van der Waals surface area contributed by atoms with E-state index in [0.29, 0.717) is 56.7 Å². The van der Waals surface area contributed by atoms with Crippen LogP contribution in [-0.2, 0) is 24.3 Å². The number of carbonyl (C=O) groups excluding carboxylic acids is 1. The van der Waals surface area contributed by atoms with Crippen LogP contribution < -0.4 is 19.8 Å². The van der Waals surface area contributed by atoms with Gasteiger partial charge in [0.15, 0.2) is 11.5 Å². The van der Waals surface area contributed by atoms with Gasteiger partial charge in [0.25, 0.3) is 0 Å². The van der Waals surface area contributed by atoms with Crippen molar-refractivity contribution in [1.82, 2.24) is 4.57 Å². The number of ether oxygens (including phenoxy) is 4. The van der Waals surface area contributed by atoms with Crippen LogP contribution in [0.15, 0.2) is 57.7 Å². The number of aryl methyl sites for hydroxylation is 4. The van der Waals surface area contributed by atoms with Crippen molar-refractivity contribution in [3.63, 3.8) is 0 Å². The maximum Gasteiger partial charge on any atom is 0.361 e. The number of aliphatic hydroxyl groups excluding tert-OH is 1. The SMILES string of the molecule is COC(=O)c1c(-c2ccc(C)c(CO)c2)c2c3cc(C)c(OC)cc3oc(=O)c2n1CCc1ccc(OC)c(OC)c1. The molecule has 0 saturated carbocycles. The Kier molecular flexibility index (Phi) is 7.95. The predicted octanol–water partition coefficient (Wildman–Crippen LogP) is 5.58. The number of methoxy groups -OCH3 is 4. The fourth-order valence-corrected chi connectivity index (χ4v) is 5.50. The van der Waals surface area contributed by atoms with Gasteiger partial charge in [-0.3, -0.25) is 0 Å². The molecule has 3 aromatic carbocycles.